The standard InChI is InChI=1S/C40H51NO6SSi/c1-40(2,3)49(4,5)47-41-39(48)38(46-29-34-24-16-9-17-25-34)37(45-28-33-22-14-8-15-23-33)36(44-27-32-20-12-7-13-21-32)35(42)30-43-26-31-18-10-6-11-19-31/h6-25,35-38,42H,26-30H2,1-5H3,(H,41,48)/t35-,36-,37+,38-/m1/s1. The minimum atomic E-state index is -2.26. The first-order valence-electron chi connectivity index (χ1n) is 16.8. The van der Waals surface area contributed by atoms with Crippen molar-refractivity contribution in [2.45, 2.75) is 89.7 Å². The number of benzene rings is 4. The van der Waals surface area contributed by atoms with E-state index in [2.05, 4.69) is 39.3 Å². The molecule has 0 spiro atoms. The summed E-state index contributed by atoms with van der Waals surface area (Å²) in [6.07, 6.45) is -3.69. The molecule has 4 atom stereocenters. The summed E-state index contributed by atoms with van der Waals surface area (Å²) < 4.78 is 32.3. The molecule has 0 fully saturated rings. The zero-order chi connectivity index (χ0) is 35.1. The lowest BCUT2D eigenvalue weighted by Gasteiger charge is -2.38. The van der Waals surface area contributed by atoms with E-state index in [1.54, 1.807) is 0 Å². The van der Waals surface area contributed by atoms with Gasteiger partial charge in [-0.1, -0.05) is 154 Å². The fourth-order valence-electron chi connectivity index (χ4n) is 4.75. The number of hydrogen-bond donors (Lipinski definition) is 2. The molecular weight excluding hydrogens is 651 g/mol. The van der Waals surface area contributed by atoms with Gasteiger partial charge in [-0.3, -0.25) is 5.48 Å². The third-order valence-corrected chi connectivity index (χ3v) is 13.3. The monoisotopic (exact) mass is 701 g/mol. The Labute approximate surface area is 298 Å². The Hall–Kier alpha value is -3.25. The maximum atomic E-state index is 11.8. The molecule has 7 nitrogen and oxygen atoms in total. The van der Waals surface area contributed by atoms with Crippen LogP contribution < -0.4 is 5.48 Å². The normalized spacial score (nSPS) is 14.5. The van der Waals surface area contributed by atoms with Crippen molar-refractivity contribution >= 4 is 25.5 Å². The number of hydrogen-bond acceptors (Lipinski definition) is 7. The van der Waals surface area contributed by atoms with Crippen molar-refractivity contribution in [3.05, 3.63) is 144 Å². The molecule has 0 unspecified atom stereocenters. The second-order valence-corrected chi connectivity index (χ2v) is 18.8. The van der Waals surface area contributed by atoms with Crippen LogP contribution in [0.25, 0.3) is 0 Å². The molecule has 0 saturated heterocycles. The molecule has 0 aliphatic heterocycles. The van der Waals surface area contributed by atoms with Gasteiger partial charge in [0.25, 0.3) is 0 Å². The number of hydroxylamine groups is 1. The van der Waals surface area contributed by atoms with Gasteiger partial charge in [-0.25, -0.2) is 0 Å². The van der Waals surface area contributed by atoms with E-state index in [0.29, 0.717) is 11.6 Å². The molecule has 0 amide bonds. The van der Waals surface area contributed by atoms with E-state index < -0.39 is 32.7 Å². The van der Waals surface area contributed by atoms with Gasteiger partial charge < -0.3 is 28.6 Å². The van der Waals surface area contributed by atoms with Crippen LogP contribution in [0.2, 0.25) is 18.1 Å². The topological polar surface area (TPSA) is 78.4 Å². The summed E-state index contributed by atoms with van der Waals surface area (Å²) in [6.45, 7) is 11.9. The SMILES string of the molecule is CC(C)(C)[Si](C)(C)ONC(=S)[C@H](OCc1ccccc1)[C@@H](OCc1ccccc1)[C@H](OCc1ccccc1)[C@H](O)COCc1ccccc1. The molecule has 0 heterocycles. The van der Waals surface area contributed by atoms with Crippen molar-refractivity contribution in [3.8, 4) is 0 Å². The largest absolute Gasteiger partial charge is 0.388 e. The van der Waals surface area contributed by atoms with Crippen LogP contribution in [0.3, 0.4) is 0 Å². The molecule has 49 heavy (non-hydrogen) atoms. The molecule has 4 aromatic carbocycles. The highest BCUT2D eigenvalue weighted by Crippen LogP contribution is 2.36. The Morgan fingerprint density at radius 3 is 1.45 bits per heavy atom. The highest BCUT2D eigenvalue weighted by molar-refractivity contribution is 7.80. The lowest BCUT2D eigenvalue weighted by atomic mass is 10.0. The predicted molar refractivity (Wildman–Crippen MR) is 201 cm³/mol. The minimum Gasteiger partial charge on any atom is -0.388 e. The molecule has 0 saturated carbocycles. The Kier molecular flexibility index (Phi) is 15.1. The van der Waals surface area contributed by atoms with Gasteiger partial charge in [0.2, 0.25) is 8.32 Å². The maximum Gasteiger partial charge on any atom is 0.228 e. The second-order valence-electron chi connectivity index (χ2n) is 13.6. The van der Waals surface area contributed by atoms with Crippen LogP contribution in [0, 0.1) is 0 Å². The van der Waals surface area contributed by atoms with E-state index in [0.717, 1.165) is 22.3 Å². The molecular formula is C40H51NO6SSi. The molecule has 4 rings (SSSR count). The van der Waals surface area contributed by atoms with Crippen molar-refractivity contribution in [1.82, 2.24) is 5.48 Å². The first-order valence-corrected chi connectivity index (χ1v) is 20.1. The molecule has 2 N–H and O–H groups in total. The maximum absolute atomic E-state index is 11.8. The highest BCUT2D eigenvalue weighted by Gasteiger charge is 2.42. The van der Waals surface area contributed by atoms with E-state index in [9.17, 15) is 5.11 Å². The summed E-state index contributed by atoms with van der Waals surface area (Å²) in [7, 11) is -2.26. The van der Waals surface area contributed by atoms with Gasteiger partial charge in [0.05, 0.1) is 33.0 Å². The second kappa shape index (κ2) is 19.2. The van der Waals surface area contributed by atoms with Crippen LogP contribution in [-0.2, 0) is 49.9 Å². The average molecular weight is 702 g/mol. The average Bonchev–Trinajstić information content (AvgIpc) is 3.10. The number of aliphatic hydroxyl groups excluding tert-OH is 1. The van der Waals surface area contributed by atoms with Crippen molar-refractivity contribution in [2.75, 3.05) is 6.61 Å². The van der Waals surface area contributed by atoms with Crippen LogP contribution >= 0.6 is 12.2 Å². The molecule has 4 aromatic rings. The molecule has 0 radical (unpaired) electrons. The first-order chi connectivity index (χ1) is 23.5. The summed E-state index contributed by atoms with van der Waals surface area (Å²) in [6, 6.07) is 39.5. The smallest absolute Gasteiger partial charge is 0.228 e. The Morgan fingerprint density at radius 1 is 0.633 bits per heavy atom. The molecule has 9 heteroatoms. The number of nitrogens with one attached hydrogen (secondary N) is 1. The van der Waals surface area contributed by atoms with Crippen molar-refractivity contribution in [1.29, 1.82) is 0 Å². The quantitative estimate of drug-likeness (QED) is 0.0576. The van der Waals surface area contributed by atoms with E-state index in [1.165, 1.54) is 0 Å². The van der Waals surface area contributed by atoms with Crippen LogP contribution in [-0.4, -0.2) is 49.4 Å². The van der Waals surface area contributed by atoms with Crippen molar-refractivity contribution < 1.29 is 28.6 Å². The third kappa shape index (κ3) is 12.5. The lowest BCUT2D eigenvalue weighted by molar-refractivity contribution is -0.175. The summed E-state index contributed by atoms with van der Waals surface area (Å²) in [4.78, 5) is 0.310. The Morgan fingerprint density at radius 2 is 1.02 bits per heavy atom. The summed E-state index contributed by atoms with van der Waals surface area (Å²) in [5.41, 5.74) is 6.98. The van der Waals surface area contributed by atoms with Gasteiger partial charge in [0.15, 0.2) is 0 Å². The number of thiocarbonyl (C=S) groups is 1. The van der Waals surface area contributed by atoms with Crippen molar-refractivity contribution in [2.24, 2.45) is 0 Å². The van der Waals surface area contributed by atoms with E-state index in [-0.39, 0.29) is 31.5 Å². The van der Waals surface area contributed by atoms with Gasteiger partial charge in [0, 0.05) is 0 Å². The summed E-state index contributed by atoms with van der Waals surface area (Å²) in [5, 5.41) is 11.8. The van der Waals surface area contributed by atoms with Crippen LogP contribution in [0.4, 0.5) is 0 Å². The zero-order valence-corrected chi connectivity index (χ0v) is 31.1. The predicted octanol–water partition coefficient (Wildman–Crippen LogP) is 8.17. The number of ether oxygens (including phenoxy) is 4. The molecule has 0 aromatic heterocycles. The Balaban J connectivity index is 1.67. The van der Waals surface area contributed by atoms with Gasteiger partial charge in [-0.05, 0) is 40.4 Å². The zero-order valence-electron chi connectivity index (χ0n) is 29.3. The summed E-state index contributed by atoms with van der Waals surface area (Å²) in [5.74, 6) is 0. The van der Waals surface area contributed by atoms with Gasteiger partial charge in [0.1, 0.15) is 29.4 Å². The molecule has 262 valence electrons. The first kappa shape index (κ1) is 38.5. The molecule has 0 aliphatic rings. The van der Waals surface area contributed by atoms with Crippen LogP contribution in [0.15, 0.2) is 121 Å². The third-order valence-electron chi connectivity index (χ3n) is 8.72. The minimum absolute atomic E-state index is 0.00557. The molecule has 0 aliphatic carbocycles. The van der Waals surface area contributed by atoms with E-state index in [1.807, 2.05) is 121 Å². The number of rotatable bonds is 19. The summed E-state index contributed by atoms with van der Waals surface area (Å²) >= 11 is 6.04. The van der Waals surface area contributed by atoms with Crippen molar-refractivity contribution in [3.63, 3.8) is 0 Å². The number of aliphatic hydroxyl groups is 1. The molecule has 0 bridgehead atoms. The van der Waals surface area contributed by atoms with E-state index >= 15 is 0 Å². The van der Waals surface area contributed by atoms with Gasteiger partial charge >= 0.3 is 0 Å². The van der Waals surface area contributed by atoms with E-state index in [4.69, 9.17) is 35.7 Å². The van der Waals surface area contributed by atoms with Crippen LogP contribution in [0.5, 0.6) is 0 Å². The fourth-order valence-corrected chi connectivity index (χ4v) is 5.74. The highest BCUT2D eigenvalue weighted by atomic mass is 32.1. The fraction of sp³-hybridized carbons (Fsp3) is 0.375. The van der Waals surface area contributed by atoms with Gasteiger partial charge in [-0.2, -0.15) is 0 Å². The van der Waals surface area contributed by atoms with Crippen LogP contribution in [0.1, 0.15) is 43.0 Å². The van der Waals surface area contributed by atoms with Gasteiger partial charge in [-0.15, -0.1) is 0 Å². The lowest BCUT2D eigenvalue weighted by Crippen LogP contribution is -2.56. The Bertz CT molecular complexity index is 1510.